The van der Waals surface area contributed by atoms with Gasteiger partial charge in [-0.1, -0.05) is 23.8 Å². The summed E-state index contributed by atoms with van der Waals surface area (Å²) in [5.74, 6) is 0. The average Bonchev–Trinajstić information content (AvgIpc) is 3.18. The van der Waals surface area contributed by atoms with E-state index in [1.54, 1.807) is 11.1 Å². The highest BCUT2D eigenvalue weighted by Crippen LogP contribution is 2.50. The molecule has 2 fully saturated rings. The summed E-state index contributed by atoms with van der Waals surface area (Å²) in [5, 5.41) is 7.41. The Balaban J connectivity index is 0.000000807. The standard InChI is InChI=1S/C17H24N2.2ClH/c1-12-2-5-14-15(10-12)17(6-8-18-9-7-17)11-16(14)19-13-3-4-13;;/h2,5,10,13,16,18-19H,3-4,6-9,11H2,1H3;2*1H. The van der Waals surface area contributed by atoms with E-state index in [2.05, 4.69) is 35.8 Å². The maximum absolute atomic E-state index is 3.88. The molecule has 2 nitrogen and oxygen atoms in total. The van der Waals surface area contributed by atoms with Crippen LogP contribution in [0.5, 0.6) is 0 Å². The first kappa shape index (κ1) is 17.1. The molecule has 1 aromatic rings. The largest absolute Gasteiger partial charge is 0.317 e. The summed E-state index contributed by atoms with van der Waals surface area (Å²) in [6.45, 7) is 4.60. The zero-order valence-corrected chi connectivity index (χ0v) is 14.3. The quantitative estimate of drug-likeness (QED) is 0.865. The lowest BCUT2D eigenvalue weighted by Crippen LogP contribution is -2.39. The SMILES string of the molecule is Cc1ccc2c(c1)C1(CCNCC1)CC2NC1CC1.Cl.Cl. The molecule has 4 rings (SSSR count). The van der Waals surface area contributed by atoms with E-state index < -0.39 is 0 Å². The molecule has 4 heteroatoms. The maximum atomic E-state index is 3.88. The van der Waals surface area contributed by atoms with Crippen molar-refractivity contribution in [3.05, 3.63) is 34.9 Å². The van der Waals surface area contributed by atoms with Gasteiger partial charge in [0.15, 0.2) is 0 Å². The summed E-state index contributed by atoms with van der Waals surface area (Å²) in [5.41, 5.74) is 5.13. The summed E-state index contributed by atoms with van der Waals surface area (Å²) in [6.07, 6.45) is 6.71. The third kappa shape index (κ3) is 3.10. The van der Waals surface area contributed by atoms with Gasteiger partial charge in [0, 0.05) is 12.1 Å². The summed E-state index contributed by atoms with van der Waals surface area (Å²) in [4.78, 5) is 0. The zero-order valence-electron chi connectivity index (χ0n) is 12.7. The molecule has 1 spiro atoms. The first-order valence-electron chi connectivity index (χ1n) is 7.85. The van der Waals surface area contributed by atoms with Gasteiger partial charge in [0.05, 0.1) is 0 Å². The van der Waals surface area contributed by atoms with Crippen molar-refractivity contribution in [2.24, 2.45) is 0 Å². The minimum Gasteiger partial charge on any atom is -0.317 e. The Kier molecular flexibility index (Phi) is 5.25. The topological polar surface area (TPSA) is 24.1 Å². The number of hydrogen-bond donors (Lipinski definition) is 2. The molecule has 1 aromatic carbocycles. The Bertz CT molecular complexity index is 494. The predicted molar refractivity (Wildman–Crippen MR) is 93.0 cm³/mol. The van der Waals surface area contributed by atoms with Crippen LogP contribution >= 0.6 is 24.8 Å². The Morgan fingerprint density at radius 3 is 2.52 bits per heavy atom. The highest BCUT2D eigenvalue weighted by atomic mass is 35.5. The van der Waals surface area contributed by atoms with Crippen LogP contribution in [0.3, 0.4) is 0 Å². The second-order valence-electron chi connectivity index (χ2n) is 6.82. The van der Waals surface area contributed by atoms with E-state index >= 15 is 0 Å². The monoisotopic (exact) mass is 328 g/mol. The minimum atomic E-state index is 0. The predicted octanol–water partition coefficient (Wildman–Crippen LogP) is 3.66. The van der Waals surface area contributed by atoms with Gasteiger partial charge < -0.3 is 10.6 Å². The molecule has 1 aliphatic heterocycles. The van der Waals surface area contributed by atoms with Gasteiger partial charge in [0.1, 0.15) is 0 Å². The molecule has 1 saturated heterocycles. The van der Waals surface area contributed by atoms with Crippen LogP contribution in [-0.2, 0) is 5.41 Å². The number of hydrogen-bond acceptors (Lipinski definition) is 2. The smallest absolute Gasteiger partial charge is 0.0334 e. The van der Waals surface area contributed by atoms with E-state index in [-0.39, 0.29) is 24.8 Å². The average molecular weight is 329 g/mol. The molecule has 2 aliphatic carbocycles. The molecule has 1 atom stereocenters. The van der Waals surface area contributed by atoms with E-state index in [0.29, 0.717) is 11.5 Å². The van der Waals surface area contributed by atoms with E-state index in [1.165, 1.54) is 50.8 Å². The van der Waals surface area contributed by atoms with Crippen LogP contribution in [0.1, 0.15) is 54.8 Å². The van der Waals surface area contributed by atoms with Crippen molar-refractivity contribution in [2.45, 2.75) is 56.5 Å². The third-order valence-electron chi connectivity index (χ3n) is 5.33. The number of aryl methyl sites for hydroxylation is 1. The van der Waals surface area contributed by atoms with Crippen molar-refractivity contribution in [1.82, 2.24) is 10.6 Å². The Hall–Kier alpha value is -0.280. The van der Waals surface area contributed by atoms with Gasteiger partial charge in [0.25, 0.3) is 0 Å². The number of nitrogens with one attached hydrogen (secondary N) is 2. The van der Waals surface area contributed by atoms with Crippen LogP contribution in [0.25, 0.3) is 0 Å². The van der Waals surface area contributed by atoms with Gasteiger partial charge >= 0.3 is 0 Å². The lowest BCUT2D eigenvalue weighted by atomic mass is 9.74. The summed E-state index contributed by atoms with van der Waals surface area (Å²) in [6, 6.07) is 8.56. The molecule has 1 heterocycles. The molecule has 118 valence electrons. The zero-order chi connectivity index (χ0) is 12.9. The van der Waals surface area contributed by atoms with Gasteiger partial charge in [-0.3, -0.25) is 0 Å². The van der Waals surface area contributed by atoms with Crippen molar-refractivity contribution in [2.75, 3.05) is 13.1 Å². The number of piperidine rings is 1. The number of halogens is 2. The van der Waals surface area contributed by atoms with Crippen LogP contribution in [0.4, 0.5) is 0 Å². The van der Waals surface area contributed by atoms with Crippen LogP contribution in [0.15, 0.2) is 18.2 Å². The fourth-order valence-electron chi connectivity index (χ4n) is 4.11. The third-order valence-corrected chi connectivity index (χ3v) is 5.33. The normalized spacial score (nSPS) is 25.9. The van der Waals surface area contributed by atoms with Gasteiger partial charge in [-0.25, -0.2) is 0 Å². The Morgan fingerprint density at radius 1 is 1.14 bits per heavy atom. The van der Waals surface area contributed by atoms with E-state index in [4.69, 9.17) is 0 Å². The van der Waals surface area contributed by atoms with Crippen molar-refractivity contribution in [1.29, 1.82) is 0 Å². The van der Waals surface area contributed by atoms with Crippen molar-refractivity contribution >= 4 is 24.8 Å². The number of rotatable bonds is 2. The maximum Gasteiger partial charge on any atom is 0.0334 e. The fourth-order valence-corrected chi connectivity index (χ4v) is 4.11. The summed E-state index contributed by atoms with van der Waals surface area (Å²) in [7, 11) is 0. The first-order chi connectivity index (χ1) is 9.27. The molecule has 0 aromatic heterocycles. The van der Waals surface area contributed by atoms with Gasteiger partial charge in [0.2, 0.25) is 0 Å². The number of fused-ring (bicyclic) bond motifs is 2. The summed E-state index contributed by atoms with van der Waals surface area (Å²) >= 11 is 0. The lowest BCUT2D eigenvalue weighted by molar-refractivity contribution is 0.282. The van der Waals surface area contributed by atoms with Crippen molar-refractivity contribution < 1.29 is 0 Å². The lowest BCUT2D eigenvalue weighted by Gasteiger charge is -2.35. The number of benzene rings is 1. The Morgan fingerprint density at radius 2 is 1.86 bits per heavy atom. The van der Waals surface area contributed by atoms with E-state index in [0.717, 1.165) is 6.04 Å². The van der Waals surface area contributed by atoms with E-state index in [1.807, 2.05) is 0 Å². The second kappa shape index (κ2) is 6.45. The van der Waals surface area contributed by atoms with Gasteiger partial charge in [-0.2, -0.15) is 0 Å². The Labute approximate surface area is 140 Å². The molecule has 0 bridgehead atoms. The van der Waals surface area contributed by atoms with Gasteiger partial charge in [-0.05, 0) is 68.7 Å². The summed E-state index contributed by atoms with van der Waals surface area (Å²) < 4.78 is 0. The minimum absolute atomic E-state index is 0. The molecule has 0 amide bonds. The van der Waals surface area contributed by atoms with Gasteiger partial charge in [-0.15, -0.1) is 24.8 Å². The van der Waals surface area contributed by atoms with Crippen LogP contribution < -0.4 is 10.6 Å². The van der Waals surface area contributed by atoms with E-state index in [9.17, 15) is 0 Å². The highest BCUT2D eigenvalue weighted by molar-refractivity contribution is 5.85. The molecular weight excluding hydrogens is 303 g/mol. The second-order valence-corrected chi connectivity index (χ2v) is 6.82. The molecule has 3 aliphatic rings. The molecule has 21 heavy (non-hydrogen) atoms. The fraction of sp³-hybridized carbons (Fsp3) is 0.647. The van der Waals surface area contributed by atoms with Crippen molar-refractivity contribution in [3.8, 4) is 0 Å². The van der Waals surface area contributed by atoms with Crippen molar-refractivity contribution in [3.63, 3.8) is 0 Å². The van der Waals surface area contributed by atoms with Crippen LogP contribution in [-0.4, -0.2) is 19.1 Å². The van der Waals surface area contributed by atoms with Crippen LogP contribution in [0, 0.1) is 6.92 Å². The molecule has 1 saturated carbocycles. The molecule has 2 N–H and O–H groups in total. The highest BCUT2D eigenvalue weighted by Gasteiger charge is 2.45. The molecule has 1 unspecified atom stereocenters. The first-order valence-corrected chi connectivity index (χ1v) is 7.85. The van der Waals surface area contributed by atoms with Crippen LogP contribution in [0.2, 0.25) is 0 Å². The molecule has 0 radical (unpaired) electrons. The molecular formula is C17H26Cl2N2.